The molecule has 0 radical (unpaired) electrons. The van der Waals surface area contributed by atoms with Crippen molar-refractivity contribution in [2.45, 2.75) is 84.8 Å². The van der Waals surface area contributed by atoms with Gasteiger partial charge >= 0.3 is 20.2 Å². The molecule has 242 valence electrons. The Morgan fingerprint density at radius 2 is 1.74 bits per heavy atom. The number of piperidine rings is 1. The summed E-state index contributed by atoms with van der Waals surface area (Å²) in [6, 6.07) is 5.62. The molecule has 1 aromatic rings. The fourth-order valence-electron chi connectivity index (χ4n) is 4.71. The van der Waals surface area contributed by atoms with Gasteiger partial charge in [-0.15, -0.1) is 4.52 Å². The van der Waals surface area contributed by atoms with Gasteiger partial charge in [-0.3, -0.25) is 10.5 Å². The predicted octanol–water partition coefficient (Wildman–Crippen LogP) is 4.70. The highest BCUT2D eigenvalue weighted by Gasteiger charge is 2.50. The van der Waals surface area contributed by atoms with E-state index in [9.17, 15) is 24.1 Å². The quantitative estimate of drug-likeness (QED) is 0.143. The monoisotopic (exact) mass is 645 g/mol. The number of nitrogens with one attached hydrogen (secondary N) is 2. The summed E-state index contributed by atoms with van der Waals surface area (Å²) >= 11 is 6.03. The van der Waals surface area contributed by atoms with Crippen molar-refractivity contribution in [3.63, 3.8) is 0 Å². The van der Waals surface area contributed by atoms with Crippen LogP contribution < -0.4 is 16.4 Å². The van der Waals surface area contributed by atoms with Crippen LogP contribution in [0.15, 0.2) is 24.3 Å². The molecule has 0 saturated carbocycles. The highest BCUT2D eigenvalue weighted by Crippen LogP contribution is 2.46. The van der Waals surface area contributed by atoms with Crippen molar-refractivity contribution in [1.29, 1.82) is 0 Å². The number of benzene rings is 1. The van der Waals surface area contributed by atoms with Gasteiger partial charge in [0.15, 0.2) is 0 Å². The second-order valence-corrected chi connectivity index (χ2v) is 14.7. The molecule has 1 heterocycles. The van der Waals surface area contributed by atoms with Crippen LogP contribution in [0.5, 0.6) is 0 Å². The predicted molar refractivity (Wildman–Crippen MR) is 164 cm³/mol. The molecule has 0 bridgehead atoms. The molecule has 1 fully saturated rings. The molecule has 1 aromatic carbocycles. The lowest BCUT2D eigenvalue weighted by Crippen LogP contribution is -2.61. The van der Waals surface area contributed by atoms with E-state index in [0.717, 1.165) is 5.56 Å². The minimum atomic E-state index is -2.23. The molecule has 0 aromatic heterocycles. The standard InChI is InChI=1S/C29H46ClN4O8P/c1-18(2)22(24(35)34-14-13-29(38,27(5,6)16-34)20-9-11-21(30)12-10-20)33-25(36)32-15-28(7,8)42-26(37)40-17-41-43(39)23(31)19(3)4/h9-12,18-19,22-23,38H,13-17,31H2,1-8H3,(H-,32,33,36)/p+1/t22-,23+,29+/m1/s1. The lowest BCUT2D eigenvalue weighted by molar-refractivity contribution is -0.155. The Hall–Kier alpha value is -2.50. The van der Waals surface area contributed by atoms with Crippen molar-refractivity contribution in [3.8, 4) is 0 Å². The van der Waals surface area contributed by atoms with E-state index < -0.39 is 55.4 Å². The van der Waals surface area contributed by atoms with E-state index in [4.69, 9.17) is 31.3 Å². The number of rotatable bonds is 12. The van der Waals surface area contributed by atoms with Gasteiger partial charge < -0.3 is 30.1 Å². The molecule has 43 heavy (non-hydrogen) atoms. The highest BCUT2D eigenvalue weighted by molar-refractivity contribution is 7.39. The number of hydrogen-bond donors (Lipinski definition) is 4. The van der Waals surface area contributed by atoms with Gasteiger partial charge in [0.1, 0.15) is 11.6 Å². The Kier molecular flexibility index (Phi) is 12.8. The van der Waals surface area contributed by atoms with Gasteiger partial charge in [-0.25, -0.2) is 9.59 Å². The van der Waals surface area contributed by atoms with Gasteiger partial charge in [0.05, 0.1) is 12.1 Å². The van der Waals surface area contributed by atoms with Crippen LogP contribution >= 0.6 is 19.6 Å². The van der Waals surface area contributed by atoms with Crippen molar-refractivity contribution < 1.29 is 38.1 Å². The first-order valence-corrected chi connectivity index (χ1v) is 15.9. The Labute approximate surface area is 260 Å². The molecular weight excluding hydrogens is 599 g/mol. The first-order chi connectivity index (χ1) is 19.8. The second-order valence-electron chi connectivity index (χ2n) is 12.8. The number of amides is 3. The van der Waals surface area contributed by atoms with Gasteiger partial charge in [0.2, 0.25) is 18.5 Å². The number of halogens is 1. The van der Waals surface area contributed by atoms with Crippen molar-refractivity contribution in [3.05, 3.63) is 34.9 Å². The molecular formula is C29H47ClN4O8P+. The van der Waals surface area contributed by atoms with Crippen molar-refractivity contribution in [1.82, 2.24) is 15.5 Å². The highest BCUT2D eigenvalue weighted by atomic mass is 35.5. The van der Waals surface area contributed by atoms with Crippen molar-refractivity contribution in [2.24, 2.45) is 23.0 Å². The van der Waals surface area contributed by atoms with Crippen LogP contribution in [0, 0.1) is 17.3 Å². The molecule has 5 N–H and O–H groups in total. The number of likely N-dealkylation sites (tertiary alicyclic amines) is 1. The topological polar surface area (TPSA) is 170 Å². The van der Waals surface area contributed by atoms with Crippen molar-refractivity contribution in [2.75, 3.05) is 26.4 Å². The van der Waals surface area contributed by atoms with E-state index in [2.05, 4.69) is 10.6 Å². The summed E-state index contributed by atoms with van der Waals surface area (Å²) in [5.74, 6) is -1.27. The Morgan fingerprint density at radius 1 is 1.14 bits per heavy atom. The number of carbonyl (C=O) groups is 3. The Morgan fingerprint density at radius 3 is 2.28 bits per heavy atom. The zero-order valence-corrected chi connectivity index (χ0v) is 28.0. The summed E-state index contributed by atoms with van der Waals surface area (Å²) < 4.78 is 26.9. The van der Waals surface area contributed by atoms with Crippen LogP contribution in [0.4, 0.5) is 9.59 Å². The third-order valence-electron chi connectivity index (χ3n) is 7.62. The molecule has 1 saturated heterocycles. The molecule has 1 unspecified atom stereocenters. The maximum atomic E-state index is 13.6. The van der Waals surface area contributed by atoms with Gasteiger partial charge in [0, 0.05) is 29.4 Å². The lowest BCUT2D eigenvalue weighted by atomic mass is 9.66. The molecule has 0 aliphatic carbocycles. The lowest BCUT2D eigenvalue weighted by Gasteiger charge is -2.51. The van der Waals surface area contributed by atoms with Crippen LogP contribution in [-0.4, -0.2) is 72.0 Å². The molecule has 1 aliphatic rings. The number of nitrogens with two attached hydrogens (primary N) is 1. The van der Waals surface area contributed by atoms with E-state index in [1.165, 1.54) is 0 Å². The smallest absolute Gasteiger partial charge is 0.426 e. The first-order valence-electron chi connectivity index (χ1n) is 14.3. The van der Waals surface area contributed by atoms with Gasteiger partial charge in [0.25, 0.3) is 0 Å². The Balaban J connectivity index is 1.92. The van der Waals surface area contributed by atoms with E-state index in [0.29, 0.717) is 18.0 Å². The second kappa shape index (κ2) is 15.0. The molecule has 1 aliphatic heterocycles. The van der Waals surface area contributed by atoms with Crippen LogP contribution in [0.1, 0.15) is 67.4 Å². The van der Waals surface area contributed by atoms with Crippen LogP contribution in [0.3, 0.4) is 0 Å². The maximum absolute atomic E-state index is 13.6. The average Bonchev–Trinajstić information content (AvgIpc) is 2.91. The van der Waals surface area contributed by atoms with Crippen LogP contribution in [-0.2, 0) is 29.0 Å². The zero-order chi connectivity index (χ0) is 32.8. The van der Waals surface area contributed by atoms with Gasteiger partial charge in [-0.05, 0) is 48.4 Å². The average molecular weight is 646 g/mol. The first kappa shape index (κ1) is 36.7. The number of carbonyl (C=O) groups excluding carboxylic acids is 3. The maximum Gasteiger partial charge on any atom is 0.530 e. The molecule has 4 atom stereocenters. The van der Waals surface area contributed by atoms with E-state index in [1.54, 1.807) is 56.9 Å². The molecule has 0 spiro atoms. The number of urea groups is 1. The van der Waals surface area contributed by atoms with E-state index >= 15 is 0 Å². The normalized spacial score (nSPS) is 20.3. The fourth-order valence-corrected chi connectivity index (χ4v) is 5.66. The molecule has 2 rings (SSSR count). The summed E-state index contributed by atoms with van der Waals surface area (Å²) in [6.07, 6.45) is -0.756. The summed E-state index contributed by atoms with van der Waals surface area (Å²) in [4.78, 5) is 40.1. The van der Waals surface area contributed by atoms with Gasteiger partial charge in [-0.2, -0.15) is 0 Å². The summed E-state index contributed by atoms with van der Waals surface area (Å²) in [6.45, 7) is 14.1. The number of ether oxygens (including phenoxy) is 2. The number of hydrogen-bond acceptors (Lipinski definition) is 9. The third-order valence-corrected chi connectivity index (χ3v) is 9.31. The van der Waals surface area contributed by atoms with E-state index in [1.807, 2.05) is 27.7 Å². The minimum Gasteiger partial charge on any atom is -0.426 e. The largest absolute Gasteiger partial charge is 0.530 e. The number of nitrogens with zero attached hydrogens (tertiary/aromatic N) is 1. The molecule has 3 amide bonds. The zero-order valence-electron chi connectivity index (χ0n) is 26.3. The van der Waals surface area contributed by atoms with Crippen LogP contribution in [0.25, 0.3) is 0 Å². The minimum absolute atomic E-state index is 0.0795. The number of aliphatic hydroxyl groups is 1. The fraction of sp³-hybridized carbons (Fsp3) is 0.690. The summed E-state index contributed by atoms with van der Waals surface area (Å²) in [7, 11) is -2.23. The summed E-state index contributed by atoms with van der Waals surface area (Å²) in [5.41, 5.74) is 3.46. The third kappa shape index (κ3) is 10.0. The summed E-state index contributed by atoms with van der Waals surface area (Å²) in [5, 5.41) is 17.6. The van der Waals surface area contributed by atoms with E-state index in [-0.39, 0.29) is 30.8 Å². The Bertz CT molecular complexity index is 1150. The molecule has 14 heteroatoms. The van der Waals surface area contributed by atoms with Crippen molar-refractivity contribution >= 4 is 37.7 Å². The van der Waals surface area contributed by atoms with Crippen LogP contribution in [0.2, 0.25) is 5.02 Å². The van der Waals surface area contributed by atoms with Gasteiger partial charge in [-0.1, -0.05) is 65.3 Å². The molecule has 12 nitrogen and oxygen atoms in total. The SMILES string of the molecule is CC(C)[C@@H](N)[P+](=O)OCOC(=O)OC(C)(C)CNC(=O)N[C@@H](C(=O)N1CC[C@](O)(c2ccc(Cl)cc2)C(C)(C)C1)C(C)C.